The Bertz CT molecular complexity index is 321. The summed E-state index contributed by atoms with van der Waals surface area (Å²) in [5, 5.41) is 8.70. The molecule has 1 fully saturated rings. The van der Waals surface area contributed by atoms with E-state index in [0.717, 1.165) is 18.6 Å². The van der Waals surface area contributed by atoms with Crippen LogP contribution in [-0.2, 0) is 0 Å². The first-order valence-corrected chi connectivity index (χ1v) is 5.10. The molecular weight excluding hydrogens is 180 g/mol. The second-order valence-corrected chi connectivity index (χ2v) is 3.84. The van der Waals surface area contributed by atoms with E-state index in [1.807, 2.05) is 0 Å². The second-order valence-electron chi connectivity index (χ2n) is 3.84. The summed E-state index contributed by atoms with van der Waals surface area (Å²) in [4.78, 5) is 10.6. The average Bonchev–Trinajstić information content (AvgIpc) is 2.68. The van der Waals surface area contributed by atoms with Gasteiger partial charge in [-0.15, -0.1) is 0 Å². The fourth-order valence-corrected chi connectivity index (χ4v) is 2.07. The lowest BCUT2D eigenvalue weighted by molar-refractivity contribution is 0.0659. The molecule has 0 aromatic carbocycles. The maximum Gasteiger partial charge on any atom is 0.371 e. The van der Waals surface area contributed by atoms with Crippen molar-refractivity contribution in [3.8, 4) is 0 Å². The summed E-state index contributed by atoms with van der Waals surface area (Å²) in [5.74, 6) is 0.372. The van der Waals surface area contributed by atoms with Crippen LogP contribution in [0.15, 0.2) is 16.5 Å². The third-order valence-corrected chi connectivity index (χ3v) is 2.85. The van der Waals surface area contributed by atoms with Crippen molar-refractivity contribution in [2.75, 3.05) is 0 Å². The Morgan fingerprint density at radius 3 is 2.57 bits per heavy atom. The van der Waals surface area contributed by atoms with Crippen LogP contribution >= 0.6 is 0 Å². The van der Waals surface area contributed by atoms with Crippen molar-refractivity contribution in [1.29, 1.82) is 0 Å². The maximum atomic E-state index is 10.6. The van der Waals surface area contributed by atoms with Gasteiger partial charge in [0.05, 0.1) is 0 Å². The van der Waals surface area contributed by atoms with Gasteiger partial charge < -0.3 is 9.52 Å². The number of furan rings is 1. The number of rotatable bonds is 2. The van der Waals surface area contributed by atoms with Crippen molar-refractivity contribution < 1.29 is 14.3 Å². The molecule has 1 aromatic rings. The Morgan fingerprint density at radius 2 is 2.00 bits per heavy atom. The molecule has 0 unspecified atom stereocenters. The Labute approximate surface area is 82.7 Å². The standard InChI is InChI=1S/C11H14O3/c12-11(13)10-7-6-9(14-10)8-4-2-1-3-5-8/h6-8H,1-5H2,(H,12,13). The predicted molar refractivity (Wildman–Crippen MR) is 51.5 cm³/mol. The van der Waals surface area contributed by atoms with Crippen molar-refractivity contribution in [2.24, 2.45) is 0 Å². The van der Waals surface area contributed by atoms with Crippen molar-refractivity contribution in [3.05, 3.63) is 23.7 Å². The maximum absolute atomic E-state index is 10.6. The number of hydrogen-bond acceptors (Lipinski definition) is 2. The van der Waals surface area contributed by atoms with Crippen LogP contribution in [0.3, 0.4) is 0 Å². The van der Waals surface area contributed by atoms with Gasteiger partial charge in [0.25, 0.3) is 0 Å². The monoisotopic (exact) mass is 194 g/mol. The van der Waals surface area contributed by atoms with E-state index < -0.39 is 5.97 Å². The first-order valence-electron chi connectivity index (χ1n) is 5.10. The molecule has 0 saturated heterocycles. The van der Waals surface area contributed by atoms with Gasteiger partial charge in [-0.05, 0) is 25.0 Å². The van der Waals surface area contributed by atoms with Gasteiger partial charge in [0.15, 0.2) is 0 Å². The molecule has 3 nitrogen and oxygen atoms in total. The van der Waals surface area contributed by atoms with E-state index in [1.54, 1.807) is 12.1 Å². The average molecular weight is 194 g/mol. The van der Waals surface area contributed by atoms with Crippen LogP contribution in [0, 0.1) is 0 Å². The number of carbonyl (C=O) groups is 1. The molecule has 2 rings (SSSR count). The minimum atomic E-state index is -0.980. The van der Waals surface area contributed by atoms with Gasteiger partial charge in [0, 0.05) is 5.92 Å². The Hall–Kier alpha value is -1.25. The molecular formula is C11H14O3. The highest BCUT2D eigenvalue weighted by Crippen LogP contribution is 2.33. The van der Waals surface area contributed by atoms with E-state index in [2.05, 4.69) is 0 Å². The zero-order valence-electron chi connectivity index (χ0n) is 8.03. The van der Waals surface area contributed by atoms with Crippen molar-refractivity contribution >= 4 is 5.97 Å². The van der Waals surface area contributed by atoms with Gasteiger partial charge in [0.1, 0.15) is 5.76 Å². The lowest BCUT2D eigenvalue weighted by atomic mass is 9.88. The molecule has 0 spiro atoms. The van der Waals surface area contributed by atoms with Gasteiger partial charge in [-0.2, -0.15) is 0 Å². The Kier molecular flexibility index (Phi) is 2.57. The molecule has 3 heteroatoms. The van der Waals surface area contributed by atoms with Crippen LogP contribution in [0.4, 0.5) is 0 Å². The van der Waals surface area contributed by atoms with Gasteiger partial charge in [-0.1, -0.05) is 19.3 Å². The fourth-order valence-electron chi connectivity index (χ4n) is 2.07. The van der Waals surface area contributed by atoms with E-state index >= 15 is 0 Å². The minimum Gasteiger partial charge on any atom is -0.475 e. The summed E-state index contributed by atoms with van der Waals surface area (Å²) in [7, 11) is 0. The molecule has 1 aliphatic rings. The first-order chi connectivity index (χ1) is 6.77. The molecule has 1 N–H and O–H groups in total. The first kappa shape index (κ1) is 9.31. The summed E-state index contributed by atoms with van der Waals surface area (Å²) in [6.07, 6.45) is 6.02. The van der Waals surface area contributed by atoms with Crippen molar-refractivity contribution in [1.82, 2.24) is 0 Å². The van der Waals surface area contributed by atoms with E-state index in [9.17, 15) is 4.79 Å². The number of hydrogen-bond donors (Lipinski definition) is 1. The molecule has 14 heavy (non-hydrogen) atoms. The van der Waals surface area contributed by atoms with Gasteiger partial charge in [-0.3, -0.25) is 0 Å². The number of carboxylic acid groups (broad SMARTS) is 1. The third kappa shape index (κ3) is 1.81. The molecule has 0 aliphatic heterocycles. The lowest BCUT2D eigenvalue weighted by Crippen LogP contribution is -2.03. The smallest absolute Gasteiger partial charge is 0.371 e. The fraction of sp³-hybridized carbons (Fsp3) is 0.545. The van der Waals surface area contributed by atoms with Crippen LogP contribution in [0.5, 0.6) is 0 Å². The topological polar surface area (TPSA) is 50.4 Å². The number of carboxylic acids is 1. The third-order valence-electron chi connectivity index (χ3n) is 2.85. The highest BCUT2D eigenvalue weighted by atomic mass is 16.4. The van der Waals surface area contributed by atoms with Crippen LogP contribution in [0.25, 0.3) is 0 Å². The molecule has 0 amide bonds. The molecule has 1 saturated carbocycles. The van der Waals surface area contributed by atoms with Crippen molar-refractivity contribution in [3.63, 3.8) is 0 Å². The highest BCUT2D eigenvalue weighted by Gasteiger charge is 2.19. The zero-order valence-corrected chi connectivity index (χ0v) is 8.03. The molecule has 1 aromatic heterocycles. The second kappa shape index (κ2) is 3.86. The summed E-state index contributed by atoms with van der Waals surface area (Å²) in [6, 6.07) is 3.35. The van der Waals surface area contributed by atoms with Gasteiger partial charge in [-0.25, -0.2) is 4.79 Å². The van der Waals surface area contributed by atoms with Gasteiger partial charge >= 0.3 is 5.97 Å². The predicted octanol–water partition coefficient (Wildman–Crippen LogP) is 3.03. The van der Waals surface area contributed by atoms with Gasteiger partial charge in [0.2, 0.25) is 5.76 Å². The van der Waals surface area contributed by atoms with Crippen molar-refractivity contribution in [2.45, 2.75) is 38.0 Å². The summed E-state index contributed by atoms with van der Waals surface area (Å²) in [5.41, 5.74) is 0. The summed E-state index contributed by atoms with van der Waals surface area (Å²) >= 11 is 0. The van der Waals surface area contributed by atoms with Crippen LogP contribution in [0.2, 0.25) is 0 Å². The summed E-state index contributed by atoms with van der Waals surface area (Å²) in [6.45, 7) is 0. The van der Waals surface area contributed by atoms with E-state index in [0.29, 0.717) is 5.92 Å². The normalized spacial score (nSPS) is 18.3. The van der Waals surface area contributed by atoms with E-state index in [-0.39, 0.29) is 5.76 Å². The lowest BCUT2D eigenvalue weighted by Gasteiger charge is -2.18. The largest absolute Gasteiger partial charge is 0.475 e. The zero-order chi connectivity index (χ0) is 9.97. The Balaban J connectivity index is 2.11. The SMILES string of the molecule is O=C(O)c1ccc(C2CCCCC2)o1. The van der Waals surface area contributed by atoms with E-state index in [4.69, 9.17) is 9.52 Å². The van der Waals surface area contributed by atoms with Crippen LogP contribution in [-0.4, -0.2) is 11.1 Å². The van der Waals surface area contributed by atoms with Crippen LogP contribution < -0.4 is 0 Å². The molecule has 1 aliphatic carbocycles. The number of aromatic carboxylic acids is 1. The highest BCUT2D eigenvalue weighted by molar-refractivity contribution is 5.84. The van der Waals surface area contributed by atoms with Crippen LogP contribution in [0.1, 0.15) is 54.3 Å². The Morgan fingerprint density at radius 1 is 1.29 bits per heavy atom. The molecule has 76 valence electrons. The minimum absolute atomic E-state index is 0.0607. The molecule has 1 heterocycles. The molecule has 0 bridgehead atoms. The molecule has 0 radical (unpaired) electrons. The quantitative estimate of drug-likeness (QED) is 0.787. The van der Waals surface area contributed by atoms with E-state index in [1.165, 1.54) is 19.3 Å². The summed E-state index contributed by atoms with van der Waals surface area (Å²) < 4.78 is 5.28. The molecule has 0 atom stereocenters.